The predicted molar refractivity (Wildman–Crippen MR) is 95.0 cm³/mol. The maximum atomic E-state index is 12.1. The van der Waals surface area contributed by atoms with E-state index >= 15 is 0 Å². The second-order valence-electron chi connectivity index (χ2n) is 6.04. The molecule has 7 heteroatoms. The zero-order valence-corrected chi connectivity index (χ0v) is 14.1. The van der Waals surface area contributed by atoms with Crippen molar-refractivity contribution in [1.29, 1.82) is 0 Å². The van der Waals surface area contributed by atoms with Crippen LogP contribution in [0.4, 0.5) is 5.69 Å². The molecule has 0 bridgehead atoms. The molecule has 0 spiro atoms. The second kappa shape index (κ2) is 6.60. The lowest BCUT2D eigenvalue weighted by atomic mass is 10.2. The van der Waals surface area contributed by atoms with E-state index in [1.165, 1.54) is 0 Å². The van der Waals surface area contributed by atoms with E-state index in [0.29, 0.717) is 17.9 Å². The van der Waals surface area contributed by atoms with Crippen LogP contribution in [0.25, 0.3) is 11.2 Å². The molecule has 4 rings (SSSR count). The van der Waals surface area contributed by atoms with Crippen LogP contribution in [0.2, 0.25) is 0 Å². The summed E-state index contributed by atoms with van der Waals surface area (Å²) < 4.78 is 12.3. The number of piperazine rings is 1. The van der Waals surface area contributed by atoms with E-state index in [0.717, 1.165) is 37.6 Å². The van der Waals surface area contributed by atoms with Gasteiger partial charge < -0.3 is 14.1 Å². The van der Waals surface area contributed by atoms with Crippen LogP contribution in [-0.2, 0) is 6.67 Å². The third kappa shape index (κ3) is 2.98. The third-order valence-corrected chi connectivity index (χ3v) is 4.56. The molecule has 3 aromatic rings. The molecule has 1 aromatic carbocycles. The molecule has 1 aliphatic heterocycles. The Morgan fingerprint density at radius 2 is 1.92 bits per heavy atom. The van der Waals surface area contributed by atoms with Gasteiger partial charge in [0.15, 0.2) is 11.2 Å². The number of rotatable bonds is 4. The minimum absolute atomic E-state index is 0.360. The Kier molecular flexibility index (Phi) is 4.15. The highest BCUT2D eigenvalue weighted by atomic mass is 16.5. The minimum atomic E-state index is -0.360. The van der Waals surface area contributed by atoms with Crippen molar-refractivity contribution in [1.82, 2.24) is 14.5 Å². The van der Waals surface area contributed by atoms with Crippen molar-refractivity contribution >= 4 is 16.9 Å². The fraction of sp³-hybridized carbons (Fsp3) is 0.333. The van der Waals surface area contributed by atoms with Gasteiger partial charge in [-0.1, -0.05) is 12.1 Å². The molecular formula is C18H20N4O3. The summed E-state index contributed by atoms with van der Waals surface area (Å²) in [5.74, 6) is 0.526. The normalized spacial score (nSPS) is 15.6. The summed E-state index contributed by atoms with van der Waals surface area (Å²) in [5, 5.41) is 0. The van der Waals surface area contributed by atoms with E-state index in [9.17, 15) is 4.79 Å². The molecule has 0 saturated carbocycles. The molecule has 130 valence electrons. The van der Waals surface area contributed by atoms with E-state index in [2.05, 4.69) is 20.9 Å². The number of anilines is 1. The smallest absolute Gasteiger partial charge is 0.422 e. The van der Waals surface area contributed by atoms with Crippen LogP contribution in [-0.4, -0.2) is 47.7 Å². The second-order valence-corrected chi connectivity index (χ2v) is 6.04. The minimum Gasteiger partial charge on any atom is -0.495 e. The average molecular weight is 340 g/mol. The highest BCUT2D eigenvalue weighted by Gasteiger charge is 2.21. The molecule has 1 fully saturated rings. The topological polar surface area (TPSA) is 63.7 Å². The molecule has 0 unspecified atom stereocenters. The monoisotopic (exact) mass is 340 g/mol. The Labute approximate surface area is 145 Å². The fourth-order valence-electron chi connectivity index (χ4n) is 3.25. The molecular weight excluding hydrogens is 320 g/mol. The third-order valence-electron chi connectivity index (χ3n) is 4.56. The first-order chi connectivity index (χ1) is 12.3. The summed E-state index contributed by atoms with van der Waals surface area (Å²) in [5.41, 5.74) is 2.23. The Bertz CT molecular complexity index is 925. The highest BCUT2D eigenvalue weighted by Crippen LogP contribution is 2.28. The van der Waals surface area contributed by atoms with Crippen LogP contribution in [0.5, 0.6) is 5.75 Å². The van der Waals surface area contributed by atoms with Crippen molar-refractivity contribution in [3.05, 3.63) is 53.1 Å². The fourth-order valence-corrected chi connectivity index (χ4v) is 3.25. The van der Waals surface area contributed by atoms with Gasteiger partial charge in [0, 0.05) is 32.4 Å². The molecule has 0 atom stereocenters. The van der Waals surface area contributed by atoms with Gasteiger partial charge >= 0.3 is 5.76 Å². The molecule has 1 saturated heterocycles. The predicted octanol–water partition coefficient (Wildman–Crippen LogP) is 1.78. The standard InChI is InChI=1S/C18H20N4O3/c1-24-15-6-3-2-5-14(15)21-11-9-20(10-12-21)13-22-17-16(25-18(22)23)7-4-8-19-17/h2-8H,9-13H2,1H3. The number of benzene rings is 1. The van der Waals surface area contributed by atoms with E-state index in [1.54, 1.807) is 30.0 Å². The number of para-hydroxylation sites is 2. The van der Waals surface area contributed by atoms with Gasteiger partial charge in [-0.2, -0.15) is 0 Å². The number of hydrogen-bond acceptors (Lipinski definition) is 6. The van der Waals surface area contributed by atoms with Gasteiger partial charge in [0.05, 0.1) is 19.5 Å². The average Bonchev–Trinajstić information content (AvgIpc) is 2.98. The van der Waals surface area contributed by atoms with E-state index < -0.39 is 0 Å². The quantitative estimate of drug-likeness (QED) is 0.721. The lowest BCUT2D eigenvalue weighted by Gasteiger charge is -2.36. The van der Waals surface area contributed by atoms with Gasteiger partial charge in [-0.15, -0.1) is 0 Å². The Morgan fingerprint density at radius 1 is 1.12 bits per heavy atom. The molecule has 0 amide bonds. The van der Waals surface area contributed by atoms with E-state index in [-0.39, 0.29) is 5.76 Å². The van der Waals surface area contributed by atoms with Crippen LogP contribution in [0.15, 0.2) is 51.8 Å². The molecule has 25 heavy (non-hydrogen) atoms. The molecule has 3 heterocycles. The number of oxazole rings is 1. The molecule has 0 radical (unpaired) electrons. The summed E-state index contributed by atoms with van der Waals surface area (Å²) in [6.07, 6.45) is 1.67. The molecule has 1 aliphatic rings. The first-order valence-electron chi connectivity index (χ1n) is 8.31. The summed E-state index contributed by atoms with van der Waals surface area (Å²) in [6.45, 7) is 3.94. The molecule has 2 aromatic heterocycles. The SMILES string of the molecule is COc1ccccc1N1CCN(Cn2c(=O)oc3cccnc32)CC1. The maximum Gasteiger partial charge on any atom is 0.422 e. The summed E-state index contributed by atoms with van der Waals surface area (Å²) >= 11 is 0. The maximum absolute atomic E-state index is 12.1. The van der Waals surface area contributed by atoms with Crippen LogP contribution in [0.3, 0.4) is 0 Å². The number of pyridine rings is 1. The highest BCUT2D eigenvalue weighted by molar-refractivity contribution is 5.67. The zero-order chi connectivity index (χ0) is 17.2. The van der Waals surface area contributed by atoms with Crippen molar-refractivity contribution in [2.45, 2.75) is 6.67 Å². The van der Waals surface area contributed by atoms with Crippen molar-refractivity contribution < 1.29 is 9.15 Å². The van der Waals surface area contributed by atoms with Crippen LogP contribution in [0.1, 0.15) is 0 Å². The zero-order valence-electron chi connectivity index (χ0n) is 14.1. The summed E-state index contributed by atoms with van der Waals surface area (Å²) in [7, 11) is 1.69. The first kappa shape index (κ1) is 15.7. The van der Waals surface area contributed by atoms with Crippen molar-refractivity contribution in [3.63, 3.8) is 0 Å². The largest absolute Gasteiger partial charge is 0.495 e. The van der Waals surface area contributed by atoms with Gasteiger partial charge in [0.25, 0.3) is 0 Å². The number of ether oxygens (including phenoxy) is 1. The van der Waals surface area contributed by atoms with Crippen LogP contribution in [0, 0.1) is 0 Å². The Morgan fingerprint density at radius 3 is 2.72 bits per heavy atom. The van der Waals surface area contributed by atoms with E-state index in [1.807, 2.05) is 18.2 Å². The van der Waals surface area contributed by atoms with E-state index in [4.69, 9.17) is 9.15 Å². The van der Waals surface area contributed by atoms with Gasteiger partial charge in [-0.3, -0.25) is 4.90 Å². The Hall–Kier alpha value is -2.80. The van der Waals surface area contributed by atoms with Gasteiger partial charge in [-0.05, 0) is 24.3 Å². The first-order valence-corrected chi connectivity index (χ1v) is 8.31. The number of fused-ring (bicyclic) bond motifs is 1. The summed E-state index contributed by atoms with van der Waals surface area (Å²) in [4.78, 5) is 20.9. The lowest BCUT2D eigenvalue weighted by molar-refractivity contribution is 0.201. The summed E-state index contributed by atoms with van der Waals surface area (Å²) in [6, 6.07) is 11.6. The van der Waals surface area contributed by atoms with Gasteiger partial charge in [0.2, 0.25) is 0 Å². The molecule has 7 nitrogen and oxygen atoms in total. The number of hydrogen-bond donors (Lipinski definition) is 0. The lowest BCUT2D eigenvalue weighted by Crippen LogP contribution is -2.47. The van der Waals surface area contributed by atoms with Gasteiger partial charge in [-0.25, -0.2) is 14.3 Å². The Balaban J connectivity index is 1.47. The number of aromatic nitrogens is 2. The van der Waals surface area contributed by atoms with Crippen LogP contribution >= 0.6 is 0 Å². The van der Waals surface area contributed by atoms with Crippen molar-refractivity contribution in [2.24, 2.45) is 0 Å². The molecule has 0 N–H and O–H groups in total. The van der Waals surface area contributed by atoms with Crippen LogP contribution < -0.4 is 15.4 Å². The molecule has 0 aliphatic carbocycles. The van der Waals surface area contributed by atoms with Crippen molar-refractivity contribution in [2.75, 3.05) is 38.2 Å². The number of methoxy groups -OCH3 is 1. The van der Waals surface area contributed by atoms with Crippen molar-refractivity contribution in [3.8, 4) is 5.75 Å². The van der Waals surface area contributed by atoms with Gasteiger partial charge in [0.1, 0.15) is 5.75 Å². The number of nitrogens with zero attached hydrogens (tertiary/aromatic N) is 4.